The molecule has 0 radical (unpaired) electrons. The highest BCUT2D eigenvalue weighted by Crippen LogP contribution is 2.22. The van der Waals surface area contributed by atoms with Crippen molar-refractivity contribution in [3.05, 3.63) is 17.2 Å². The number of rotatable bonds is 2. The third kappa shape index (κ3) is 2.54. The van der Waals surface area contributed by atoms with Crippen LogP contribution in [-0.2, 0) is 0 Å². The summed E-state index contributed by atoms with van der Waals surface area (Å²) in [5, 5.41) is 0. The zero-order valence-corrected chi connectivity index (χ0v) is 8.85. The van der Waals surface area contributed by atoms with E-state index < -0.39 is 0 Å². The van der Waals surface area contributed by atoms with Crippen molar-refractivity contribution in [2.45, 2.75) is 38.2 Å². The molecule has 14 heavy (non-hydrogen) atoms. The van der Waals surface area contributed by atoms with Crippen molar-refractivity contribution in [3.8, 4) is 5.75 Å². The Morgan fingerprint density at radius 3 is 2.79 bits per heavy atom. The van der Waals surface area contributed by atoms with E-state index in [0.717, 1.165) is 18.6 Å². The van der Waals surface area contributed by atoms with E-state index in [0.29, 0.717) is 10.9 Å². The zero-order chi connectivity index (χ0) is 9.80. The molecule has 2 rings (SSSR count). The van der Waals surface area contributed by atoms with E-state index in [4.69, 9.17) is 17.0 Å². The van der Waals surface area contributed by atoms with Crippen LogP contribution in [0.25, 0.3) is 0 Å². The maximum atomic E-state index is 5.77. The molecule has 1 heterocycles. The fourth-order valence-corrected chi connectivity index (χ4v) is 1.88. The lowest BCUT2D eigenvalue weighted by Gasteiger charge is -2.22. The molecule has 1 N–H and O–H groups in total. The first-order valence-corrected chi connectivity index (χ1v) is 5.47. The molecule has 0 aliphatic heterocycles. The van der Waals surface area contributed by atoms with E-state index in [1.165, 1.54) is 19.3 Å². The molecule has 1 saturated carbocycles. The van der Waals surface area contributed by atoms with Gasteiger partial charge in [0.1, 0.15) is 0 Å². The summed E-state index contributed by atoms with van der Waals surface area (Å²) >= 11 is 4.85. The summed E-state index contributed by atoms with van der Waals surface area (Å²) in [6.07, 6.45) is 10.1. The van der Waals surface area contributed by atoms with E-state index in [-0.39, 0.29) is 0 Å². The van der Waals surface area contributed by atoms with Crippen LogP contribution in [-0.4, -0.2) is 16.1 Å². The fraction of sp³-hybridized carbons (Fsp3) is 0.600. The standard InChI is InChI=1S/C10H14N2OS/c14-10-11-6-9(7-12-10)13-8-4-2-1-3-5-8/h6-8H,1-5H2,(H,11,12,14). The highest BCUT2D eigenvalue weighted by molar-refractivity contribution is 7.71. The molecule has 0 saturated heterocycles. The lowest BCUT2D eigenvalue weighted by atomic mass is 9.98. The van der Waals surface area contributed by atoms with Crippen molar-refractivity contribution < 1.29 is 4.74 Å². The average Bonchev–Trinajstić information content (AvgIpc) is 2.23. The Kier molecular flexibility index (Phi) is 3.14. The summed E-state index contributed by atoms with van der Waals surface area (Å²) in [7, 11) is 0. The molecule has 0 bridgehead atoms. The molecule has 0 atom stereocenters. The molecule has 3 nitrogen and oxygen atoms in total. The monoisotopic (exact) mass is 210 g/mol. The normalized spacial score (nSPS) is 18.0. The number of aromatic amines is 1. The second-order valence-corrected chi connectivity index (χ2v) is 4.02. The van der Waals surface area contributed by atoms with Crippen LogP contribution in [0.2, 0.25) is 0 Å². The molecule has 0 unspecified atom stereocenters. The van der Waals surface area contributed by atoms with E-state index in [1.807, 2.05) is 0 Å². The fourth-order valence-electron chi connectivity index (χ4n) is 1.77. The Balaban J connectivity index is 1.96. The number of ether oxygens (including phenoxy) is 1. The third-order valence-electron chi connectivity index (χ3n) is 2.50. The number of hydrogen-bond donors (Lipinski definition) is 1. The molecule has 0 aromatic carbocycles. The Bertz CT molecular complexity index is 324. The van der Waals surface area contributed by atoms with Gasteiger partial charge in [-0.25, -0.2) is 4.98 Å². The molecular weight excluding hydrogens is 196 g/mol. The van der Waals surface area contributed by atoms with Gasteiger partial charge in [0.05, 0.1) is 12.3 Å². The molecule has 0 amide bonds. The largest absolute Gasteiger partial charge is 0.487 e. The van der Waals surface area contributed by atoms with Gasteiger partial charge in [-0.3, -0.25) is 0 Å². The Labute approximate surface area is 88.5 Å². The number of aromatic nitrogens is 2. The van der Waals surface area contributed by atoms with Crippen LogP contribution < -0.4 is 4.74 Å². The first-order valence-electron chi connectivity index (χ1n) is 5.06. The van der Waals surface area contributed by atoms with Crippen molar-refractivity contribution in [1.82, 2.24) is 9.97 Å². The molecular formula is C10H14N2OS. The van der Waals surface area contributed by atoms with E-state index >= 15 is 0 Å². The molecule has 76 valence electrons. The first kappa shape index (κ1) is 9.65. The smallest absolute Gasteiger partial charge is 0.196 e. The number of hydrogen-bond acceptors (Lipinski definition) is 3. The highest BCUT2D eigenvalue weighted by Gasteiger charge is 2.14. The van der Waals surface area contributed by atoms with E-state index in [1.54, 1.807) is 12.4 Å². The lowest BCUT2D eigenvalue weighted by Crippen LogP contribution is -2.19. The van der Waals surface area contributed by atoms with Gasteiger partial charge in [0.2, 0.25) is 0 Å². The van der Waals surface area contributed by atoms with Crippen LogP contribution in [0.3, 0.4) is 0 Å². The summed E-state index contributed by atoms with van der Waals surface area (Å²) < 4.78 is 6.27. The van der Waals surface area contributed by atoms with Crippen molar-refractivity contribution in [3.63, 3.8) is 0 Å². The van der Waals surface area contributed by atoms with Crippen LogP contribution in [0.15, 0.2) is 12.4 Å². The number of H-pyrrole nitrogens is 1. The van der Waals surface area contributed by atoms with Crippen LogP contribution >= 0.6 is 12.2 Å². The summed E-state index contributed by atoms with van der Waals surface area (Å²) in [6.45, 7) is 0. The van der Waals surface area contributed by atoms with Gasteiger partial charge in [0.25, 0.3) is 0 Å². The average molecular weight is 210 g/mol. The van der Waals surface area contributed by atoms with Crippen LogP contribution in [0.5, 0.6) is 5.75 Å². The summed E-state index contributed by atoms with van der Waals surface area (Å²) in [6, 6.07) is 0. The highest BCUT2D eigenvalue weighted by atomic mass is 32.1. The second kappa shape index (κ2) is 4.55. The molecule has 4 heteroatoms. The molecule has 1 aromatic rings. The SMILES string of the molecule is S=c1ncc(OC2CCCCC2)c[nH]1. The van der Waals surface area contributed by atoms with Gasteiger partial charge < -0.3 is 9.72 Å². The van der Waals surface area contributed by atoms with E-state index in [2.05, 4.69) is 9.97 Å². The number of nitrogens with one attached hydrogen (secondary N) is 1. The molecule has 1 aliphatic carbocycles. The van der Waals surface area contributed by atoms with Crippen LogP contribution in [0.1, 0.15) is 32.1 Å². The Morgan fingerprint density at radius 1 is 1.36 bits per heavy atom. The predicted molar refractivity (Wildman–Crippen MR) is 56.9 cm³/mol. The molecule has 1 aliphatic rings. The lowest BCUT2D eigenvalue weighted by molar-refractivity contribution is 0.154. The van der Waals surface area contributed by atoms with Gasteiger partial charge in [0.15, 0.2) is 10.5 Å². The van der Waals surface area contributed by atoms with Crippen molar-refractivity contribution in [2.75, 3.05) is 0 Å². The third-order valence-corrected chi connectivity index (χ3v) is 2.73. The molecule has 1 fully saturated rings. The zero-order valence-electron chi connectivity index (χ0n) is 8.03. The van der Waals surface area contributed by atoms with Gasteiger partial charge in [-0.1, -0.05) is 6.42 Å². The minimum atomic E-state index is 0.370. The second-order valence-electron chi connectivity index (χ2n) is 3.63. The minimum absolute atomic E-state index is 0.370. The predicted octanol–water partition coefficient (Wildman–Crippen LogP) is 2.85. The minimum Gasteiger partial charge on any atom is -0.487 e. The van der Waals surface area contributed by atoms with Gasteiger partial charge in [0, 0.05) is 6.20 Å². The number of nitrogens with zero attached hydrogens (tertiary/aromatic N) is 1. The Morgan fingerprint density at radius 2 is 2.14 bits per heavy atom. The summed E-state index contributed by atoms with van der Waals surface area (Å²) in [5.41, 5.74) is 0. The summed E-state index contributed by atoms with van der Waals surface area (Å²) in [4.78, 5) is 6.85. The van der Waals surface area contributed by atoms with Gasteiger partial charge in [-0.05, 0) is 37.9 Å². The van der Waals surface area contributed by atoms with Crippen molar-refractivity contribution >= 4 is 12.2 Å². The van der Waals surface area contributed by atoms with Crippen LogP contribution in [0, 0.1) is 4.77 Å². The van der Waals surface area contributed by atoms with Gasteiger partial charge in [-0.15, -0.1) is 0 Å². The topological polar surface area (TPSA) is 37.9 Å². The Hall–Kier alpha value is -0.900. The van der Waals surface area contributed by atoms with Gasteiger partial charge >= 0.3 is 0 Å². The maximum absolute atomic E-state index is 5.77. The van der Waals surface area contributed by atoms with Crippen LogP contribution in [0.4, 0.5) is 0 Å². The van der Waals surface area contributed by atoms with Crippen molar-refractivity contribution in [1.29, 1.82) is 0 Å². The molecule has 0 spiro atoms. The quantitative estimate of drug-likeness (QED) is 0.763. The first-order chi connectivity index (χ1) is 6.84. The van der Waals surface area contributed by atoms with Gasteiger partial charge in [-0.2, -0.15) is 0 Å². The summed E-state index contributed by atoms with van der Waals surface area (Å²) in [5.74, 6) is 0.797. The van der Waals surface area contributed by atoms with Crippen molar-refractivity contribution in [2.24, 2.45) is 0 Å². The maximum Gasteiger partial charge on any atom is 0.196 e. The van der Waals surface area contributed by atoms with E-state index in [9.17, 15) is 0 Å². The molecule has 1 aromatic heterocycles.